The summed E-state index contributed by atoms with van der Waals surface area (Å²) < 4.78 is 3.55. The van der Waals surface area contributed by atoms with Crippen LogP contribution in [0.25, 0.3) is 10.6 Å². The molecule has 1 atom stereocenters. The van der Waals surface area contributed by atoms with Gasteiger partial charge in [-0.25, -0.2) is 9.67 Å². The van der Waals surface area contributed by atoms with Crippen LogP contribution in [0.3, 0.4) is 0 Å². The molecule has 8 heteroatoms. The van der Waals surface area contributed by atoms with E-state index in [4.69, 9.17) is 0 Å². The van der Waals surface area contributed by atoms with E-state index in [0.29, 0.717) is 19.5 Å². The minimum absolute atomic E-state index is 0.0832. The summed E-state index contributed by atoms with van der Waals surface area (Å²) in [5.41, 5.74) is 0.683. The molecule has 146 valence electrons. The number of aromatic nitrogens is 4. The van der Waals surface area contributed by atoms with Crippen LogP contribution in [0.15, 0.2) is 46.8 Å². The zero-order valence-corrected chi connectivity index (χ0v) is 16.6. The predicted molar refractivity (Wildman–Crippen MR) is 108 cm³/mol. The van der Waals surface area contributed by atoms with E-state index < -0.39 is 0 Å². The molecule has 7 nitrogen and oxygen atoms in total. The predicted octanol–water partition coefficient (Wildman–Crippen LogP) is 2.73. The first-order chi connectivity index (χ1) is 13.6. The summed E-state index contributed by atoms with van der Waals surface area (Å²) in [7, 11) is 0. The molecule has 0 spiro atoms. The highest BCUT2D eigenvalue weighted by Crippen LogP contribution is 2.24. The number of piperidine rings is 1. The third-order valence-electron chi connectivity index (χ3n) is 5.18. The van der Waals surface area contributed by atoms with Crippen LogP contribution in [-0.2, 0) is 11.3 Å². The molecular weight excluding hydrogens is 374 g/mol. The maximum atomic E-state index is 12.7. The Morgan fingerprint density at radius 1 is 1.32 bits per heavy atom. The van der Waals surface area contributed by atoms with E-state index in [9.17, 15) is 9.59 Å². The maximum absolute atomic E-state index is 12.7. The van der Waals surface area contributed by atoms with Crippen LogP contribution in [0, 0.1) is 6.92 Å². The van der Waals surface area contributed by atoms with Gasteiger partial charge < -0.3 is 9.47 Å². The summed E-state index contributed by atoms with van der Waals surface area (Å²) in [6, 6.07) is 7.23. The summed E-state index contributed by atoms with van der Waals surface area (Å²) in [5.74, 6) is 1.02. The van der Waals surface area contributed by atoms with Gasteiger partial charge in [0.05, 0.1) is 10.9 Å². The number of amides is 1. The number of likely N-dealkylation sites (tertiary alicyclic amines) is 1. The Labute approximate surface area is 167 Å². The second-order valence-corrected chi connectivity index (χ2v) is 7.98. The van der Waals surface area contributed by atoms with Gasteiger partial charge in [0, 0.05) is 44.5 Å². The van der Waals surface area contributed by atoms with Crippen molar-refractivity contribution >= 4 is 17.2 Å². The third kappa shape index (κ3) is 3.91. The molecule has 0 aliphatic carbocycles. The van der Waals surface area contributed by atoms with Crippen LogP contribution in [0.4, 0.5) is 0 Å². The molecule has 0 radical (unpaired) electrons. The Balaban J connectivity index is 1.46. The largest absolute Gasteiger partial charge is 0.340 e. The second kappa shape index (κ2) is 8.10. The first-order valence-corrected chi connectivity index (χ1v) is 10.4. The average molecular weight is 398 g/mol. The lowest BCUT2D eigenvalue weighted by Crippen LogP contribution is -2.43. The number of hydrogen-bond donors (Lipinski definition) is 0. The van der Waals surface area contributed by atoms with Gasteiger partial charge in [-0.1, -0.05) is 6.07 Å². The van der Waals surface area contributed by atoms with E-state index in [1.165, 1.54) is 0 Å². The van der Waals surface area contributed by atoms with Crippen LogP contribution < -0.4 is 5.56 Å². The molecule has 4 heterocycles. The zero-order valence-electron chi connectivity index (χ0n) is 15.8. The second-order valence-electron chi connectivity index (χ2n) is 7.03. The molecule has 1 amide bonds. The Kier molecular flexibility index (Phi) is 5.38. The monoisotopic (exact) mass is 397 g/mol. The van der Waals surface area contributed by atoms with Crippen molar-refractivity contribution in [3.05, 3.63) is 58.2 Å². The van der Waals surface area contributed by atoms with Gasteiger partial charge in [-0.05, 0) is 37.3 Å². The van der Waals surface area contributed by atoms with Gasteiger partial charge in [0.2, 0.25) is 5.91 Å². The molecule has 0 saturated carbocycles. The minimum atomic E-state index is -0.117. The van der Waals surface area contributed by atoms with Gasteiger partial charge in [-0.15, -0.1) is 11.3 Å². The van der Waals surface area contributed by atoms with Crippen molar-refractivity contribution in [2.45, 2.75) is 38.8 Å². The summed E-state index contributed by atoms with van der Waals surface area (Å²) >= 11 is 1.60. The average Bonchev–Trinajstić information content (AvgIpc) is 3.38. The van der Waals surface area contributed by atoms with E-state index in [2.05, 4.69) is 10.1 Å². The zero-order chi connectivity index (χ0) is 19.5. The van der Waals surface area contributed by atoms with Crippen LogP contribution >= 0.6 is 11.3 Å². The Morgan fingerprint density at radius 2 is 2.21 bits per heavy atom. The summed E-state index contributed by atoms with van der Waals surface area (Å²) in [5, 5.41) is 6.59. The van der Waals surface area contributed by atoms with E-state index in [1.807, 2.05) is 40.1 Å². The standard InChI is InChI=1S/C20H23N5O2S/c1-15-21-9-12-23(15)11-8-19(26)24-10-2-4-16(14-24)25-20(27)7-6-17(22-25)18-5-3-13-28-18/h3,5-7,9,12-13,16H,2,4,8,10-11,14H2,1H3. The SMILES string of the molecule is Cc1nccn1CCC(=O)N1CCCC(n2nc(-c3cccs3)ccc2=O)C1. The minimum Gasteiger partial charge on any atom is -0.340 e. The normalized spacial score (nSPS) is 17.0. The van der Waals surface area contributed by atoms with Crippen molar-refractivity contribution in [1.82, 2.24) is 24.2 Å². The van der Waals surface area contributed by atoms with Gasteiger partial charge in [0.1, 0.15) is 11.5 Å². The highest BCUT2D eigenvalue weighted by molar-refractivity contribution is 7.13. The molecular formula is C20H23N5O2S. The summed E-state index contributed by atoms with van der Waals surface area (Å²) in [4.78, 5) is 32.2. The quantitative estimate of drug-likeness (QED) is 0.664. The van der Waals surface area contributed by atoms with Crippen molar-refractivity contribution in [1.29, 1.82) is 0 Å². The fraction of sp³-hybridized carbons (Fsp3) is 0.400. The number of aryl methyl sites for hydroxylation is 2. The van der Waals surface area contributed by atoms with Crippen LogP contribution in [0.2, 0.25) is 0 Å². The molecule has 0 N–H and O–H groups in total. The number of rotatable bonds is 5. The topological polar surface area (TPSA) is 73.0 Å². The number of hydrogen-bond acceptors (Lipinski definition) is 5. The van der Waals surface area contributed by atoms with Gasteiger partial charge in [0.15, 0.2) is 0 Å². The molecule has 0 aromatic carbocycles. The molecule has 1 fully saturated rings. The Hall–Kier alpha value is -2.74. The van der Waals surface area contributed by atoms with Crippen LogP contribution in [-0.4, -0.2) is 43.2 Å². The first kappa shape index (κ1) is 18.6. The molecule has 0 bridgehead atoms. The molecule has 1 aliphatic rings. The van der Waals surface area contributed by atoms with Gasteiger partial charge in [-0.2, -0.15) is 5.10 Å². The summed E-state index contributed by atoms with van der Waals surface area (Å²) in [6.07, 6.45) is 5.79. The lowest BCUT2D eigenvalue weighted by molar-refractivity contribution is -0.133. The Bertz CT molecular complexity index is 1010. The van der Waals surface area contributed by atoms with Crippen molar-refractivity contribution in [3.8, 4) is 10.6 Å². The highest BCUT2D eigenvalue weighted by atomic mass is 32.1. The van der Waals surface area contributed by atoms with Crippen LogP contribution in [0.1, 0.15) is 31.1 Å². The molecule has 1 saturated heterocycles. The van der Waals surface area contributed by atoms with Crippen molar-refractivity contribution < 1.29 is 4.79 Å². The third-order valence-corrected chi connectivity index (χ3v) is 6.08. The van der Waals surface area contributed by atoms with Crippen molar-refractivity contribution in [3.63, 3.8) is 0 Å². The molecule has 3 aromatic heterocycles. The number of carbonyl (C=O) groups is 1. The molecule has 1 unspecified atom stereocenters. The van der Waals surface area contributed by atoms with Crippen molar-refractivity contribution in [2.75, 3.05) is 13.1 Å². The number of nitrogens with zero attached hydrogens (tertiary/aromatic N) is 5. The lowest BCUT2D eigenvalue weighted by atomic mass is 10.1. The summed E-state index contributed by atoms with van der Waals surface area (Å²) in [6.45, 7) is 3.82. The van der Waals surface area contributed by atoms with Gasteiger partial charge in [0.25, 0.3) is 5.56 Å². The van der Waals surface area contributed by atoms with Gasteiger partial charge >= 0.3 is 0 Å². The number of imidazole rings is 1. The number of thiophene rings is 1. The molecule has 3 aromatic rings. The molecule has 28 heavy (non-hydrogen) atoms. The van der Waals surface area contributed by atoms with E-state index in [1.54, 1.807) is 34.3 Å². The molecule has 1 aliphatic heterocycles. The maximum Gasteiger partial charge on any atom is 0.267 e. The fourth-order valence-corrected chi connectivity index (χ4v) is 4.33. The Morgan fingerprint density at radius 3 is 2.96 bits per heavy atom. The van der Waals surface area contributed by atoms with Crippen LogP contribution in [0.5, 0.6) is 0 Å². The van der Waals surface area contributed by atoms with E-state index in [-0.39, 0.29) is 17.5 Å². The highest BCUT2D eigenvalue weighted by Gasteiger charge is 2.26. The smallest absolute Gasteiger partial charge is 0.267 e. The van der Waals surface area contributed by atoms with E-state index in [0.717, 1.165) is 35.8 Å². The number of carbonyl (C=O) groups excluding carboxylic acids is 1. The fourth-order valence-electron chi connectivity index (χ4n) is 3.64. The first-order valence-electron chi connectivity index (χ1n) is 9.51. The molecule has 4 rings (SSSR count). The van der Waals surface area contributed by atoms with Gasteiger partial charge in [-0.3, -0.25) is 9.59 Å². The van der Waals surface area contributed by atoms with E-state index >= 15 is 0 Å². The lowest BCUT2D eigenvalue weighted by Gasteiger charge is -2.33. The van der Waals surface area contributed by atoms with Crippen molar-refractivity contribution in [2.24, 2.45) is 0 Å².